The van der Waals surface area contributed by atoms with Crippen molar-refractivity contribution in [3.05, 3.63) is 41.2 Å². The molecular weight excluding hydrogens is 282 g/mol. The van der Waals surface area contributed by atoms with Crippen LogP contribution in [-0.2, 0) is 10.0 Å². The number of aromatic amines is 1. The van der Waals surface area contributed by atoms with Gasteiger partial charge in [0.05, 0.1) is 17.0 Å². The lowest BCUT2D eigenvalue weighted by Crippen LogP contribution is -2.14. The first-order valence-electron chi connectivity index (χ1n) is 5.69. The van der Waals surface area contributed by atoms with Crippen LogP contribution in [0.1, 0.15) is 21.7 Å². The number of hydrogen-bond donors (Lipinski definition) is 3. The van der Waals surface area contributed by atoms with Gasteiger partial charge in [0.2, 0.25) is 0 Å². The second kappa shape index (κ2) is 4.97. The molecule has 2 rings (SSSR count). The highest BCUT2D eigenvalue weighted by Gasteiger charge is 2.22. The molecule has 0 aliphatic heterocycles. The van der Waals surface area contributed by atoms with E-state index in [0.717, 1.165) is 0 Å². The van der Waals surface area contributed by atoms with E-state index in [2.05, 4.69) is 14.9 Å². The number of rotatable bonds is 4. The molecule has 7 nitrogen and oxygen atoms in total. The van der Waals surface area contributed by atoms with Crippen molar-refractivity contribution in [2.75, 3.05) is 4.72 Å². The van der Waals surface area contributed by atoms with E-state index in [9.17, 15) is 13.2 Å². The fourth-order valence-corrected chi connectivity index (χ4v) is 3.26. The molecule has 20 heavy (non-hydrogen) atoms. The van der Waals surface area contributed by atoms with E-state index in [1.54, 1.807) is 13.8 Å². The number of carboxylic acids is 1. The Morgan fingerprint density at radius 1 is 1.25 bits per heavy atom. The van der Waals surface area contributed by atoms with Gasteiger partial charge in [0, 0.05) is 5.69 Å². The third-order valence-electron chi connectivity index (χ3n) is 2.71. The molecule has 0 saturated heterocycles. The lowest BCUT2D eigenvalue weighted by atomic mass is 10.2. The van der Waals surface area contributed by atoms with E-state index < -0.39 is 16.0 Å². The predicted molar refractivity (Wildman–Crippen MR) is 72.3 cm³/mol. The molecule has 0 aliphatic carbocycles. The van der Waals surface area contributed by atoms with Crippen LogP contribution in [0.15, 0.2) is 29.2 Å². The van der Waals surface area contributed by atoms with Crippen molar-refractivity contribution in [1.82, 2.24) is 10.2 Å². The average Bonchev–Trinajstić information content (AvgIpc) is 2.69. The van der Waals surface area contributed by atoms with Crippen LogP contribution in [0.3, 0.4) is 0 Å². The Bertz CT molecular complexity index is 728. The zero-order valence-electron chi connectivity index (χ0n) is 10.8. The van der Waals surface area contributed by atoms with Gasteiger partial charge in [-0.3, -0.25) is 9.82 Å². The monoisotopic (exact) mass is 295 g/mol. The minimum absolute atomic E-state index is 0.0867. The van der Waals surface area contributed by atoms with Crippen molar-refractivity contribution in [3.63, 3.8) is 0 Å². The summed E-state index contributed by atoms with van der Waals surface area (Å²) in [7, 11) is -3.76. The summed E-state index contributed by atoms with van der Waals surface area (Å²) in [5, 5.41) is 15.2. The number of benzene rings is 1. The molecule has 0 atom stereocenters. The summed E-state index contributed by atoms with van der Waals surface area (Å²) in [4.78, 5) is 10.8. The molecule has 1 heterocycles. The summed E-state index contributed by atoms with van der Waals surface area (Å²) in [6.45, 7) is 3.20. The van der Waals surface area contributed by atoms with Gasteiger partial charge >= 0.3 is 5.97 Å². The number of aryl methyl sites for hydroxylation is 2. The van der Waals surface area contributed by atoms with E-state index in [-0.39, 0.29) is 16.1 Å². The van der Waals surface area contributed by atoms with E-state index in [1.807, 2.05) is 0 Å². The van der Waals surface area contributed by atoms with Crippen molar-refractivity contribution in [3.8, 4) is 0 Å². The number of carbonyl (C=O) groups is 1. The van der Waals surface area contributed by atoms with Crippen molar-refractivity contribution >= 4 is 21.7 Å². The van der Waals surface area contributed by atoms with E-state index in [0.29, 0.717) is 11.4 Å². The van der Waals surface area contributed by atoms with Crippen LogP contribution in [0, 0.1) is 13.8 Å². The number of hydrogen-bond acceptors (Lipinski definition) is 4. The van der Waals surface area contributed by atoms with Crippen molar-refractivity contribution in [1.29, 1.82) is 0 Å². The van der Waals surface area contributed by atoms with Gasteiger partial charge in [-0.05, 0) is 38.1 Å². The van der Waals surface area contributed by atoms with E-state index in [4.69, 9.17) is 5.11 Å². The van der Waals surface area contributed by atoms with Crippen LogP contribution in [0.2, 0.25) is 0 Å². The highest BCUT2D eigenvalue weighted by molar-refractivity contribution is 7.92. The van der Waals surface area contributed by atoms with Crippen LogP contribution >= 0.6 is 0 Å². The Morgan fingerprint density at radius 2 is 1.85 bits per heavy atom. The molecule has 0 spiro atoms. The molecule has 0 saturated carbocycles. The molecule has 0 aliphatic rings. The highest BCUT2D eigenvalue weighted by Crippen LogP contribution is 2.21. The highest BCUT2D eigenvalue weighted by atomic mass is 32.2. The van der Waals surface area contributed by atoms with Crippen molar-refractivity contribution in [2.45, 2.75) is 18.7 Å². The Labute approximate surface area is 115 Å². The quantitative estimate of drug-likeness (QED) is 0.791. The molecule has 3 N–H and O–H groups in total. The van der Waals surface area contributed by atoms with Gasteiger partial charge in [-0.15, -0.1) is 0 Å². The smallest absolute Gasteiger partial charge is 0.335 e. The topological polar surface area (TPSA) is 112 Å². The molecule has 0 fully saturated rings. The number of nitrogens with zero attached hydrogens (tertiary/aromatic N) is 1. The van der Waals surface area contributed by atoms with Crippen LogP contribution < -0.4 is 4.72 Å². The largest absolute Gasteiger partial charge is 0.478 e. The maximum Gasteiger partial charge on any atom is 0.335 e. The SMILES string of the molecule is Cc1n[nH]c(C)c1S(=O)(=O)Nc1ccc(C(=O)O)cc1. The lowest BCUT2D eigenvalue weighted by molar-refractivity contribution is 0.0697. The third kappa shape index (κ3) is 2.64. The summed E-state index contributed by atoms with van der Waals surface area (Å²) >= 11 is 0. The molecule has 8 heteroatoms. The molecule has 0 unspecified atom stereocenters. The van der Waals surface area contributed by atoms with Gasteiger partial charge in [-0.2, -0.15) is 5.10 Å². The number of sulfonamides is 1. The molecule has 2 aromatic rings. The number of aromatic nitrogens is 2. The van der Waals surface area contributed by atoms with Crippen molar-refractivity contribution < 1.29 is 18.3 Å². The molecule has 0 bridgehead atoms. The predicted octanol–water partition coefficient (Wildman–Crippen LogP) is 1.53. The Kier molecular flexibility index (Phi) is 3.49. The number of H-pyrrole nitrogens is 1. The molecule has 1 aromatic heterocycles. The standard InChI is InChI=1S/C12H13N3O4S/c1-7-11(8(2)14-13-7)20(18,19)15-10-5-3-9(4-6-10)12(16)17/h3-6,15H,1-2H3,(H,13,14)(H,16,17). The number of nitrogens with one attached hydrogen (secondary N) is 2. The third-order valence-corrected chi connectivity index (χ3v) is 4.36. The zero-order valence-corrected chi connectivity index (χ0v) is 11.7. The summed E-state index contributed by atoms with van der Waals surface area (Å²) in [6.07, 6.45) is 0. The summed E-state index contributed by atoms with van der Waals surface area (Å²) in [6, 6.07) is 5.45. The van der Waals surface area contributed by atoms with Crippen LogP contribution in [0.25, 0.3) is 0 Å². The Hall–Kier alpha value is -2.35. The van der Waals surface area contributed by atoms with Gasteiger partial charge in [0.15, 0.2) is 0 Å². The Morgan fingerprint density at radius 3 is 2.30 bits per heavy atom. The normalized spacial score (nSPS) is 11.3. The maximum atomic E-state index is 12.2. The number of anilines is 1. The van der Waals surface area contributed by atoms with Gasteiger partial charge < -0.3 is 5.11 Å². The Balaban J connectivity index is 2.31. The van der Waals surface area contributed by atoms with Crippen LogP contribution in [0.4, 0.5) is 5.69 Å². The van der Waals surface area contributed by atoms with Gasteiger partial charge in [0.25, 0.3) is 10.0 Å². The van der Waals surface area contributed by atoms with Gasteiger partial charge in [0.1, 0.15) is 4.90 Å². The first kappa shape index (κ1) is 14.1. The van der Waals surface area contributed by atoms with Gasteiger partial charge in [-0.1, -0.05) is 0 Å². The minimum atomic E-state index is -3.76. The van der Waals surface area contributed by atoms with E-state index >= 15 is 0 Å². The fourth-order valence-electron chi connectivity index (χ4n) is 1.82. The maximum absolute atomic E-state index is 12.2. The fraction of sp³-hybridized carbons (Fsp3) is 0.167. The summed E-state index contributed by atoms with van der Waals surface area (Å²) < 4.78 is 26.9. The lowest BCUT2D eigenvalue weighted by Gasteiger charge is -2.08. The first-order valence-corrected chi connectivity index (χ1v) is 7.17. The molecule has 1 aromatic carbocycles. The number of carboxylic acid groups (broad SMARTS) is 1. The van der Waals surface area contributed by atoms with Crippen LogP contribution in [-0.4, -0.2) is 29.7 Å². The first-order chi connectivity index (χ1) is 9.31. The number of aromatic carboxylic acids is 1. The summed E-state index contributed by atoms with van der Waals surface area (Å²) in [5.74, 6) is -1.07. The molecule has 0 amide bonds. The second-order valence-electron chi connectivity index (χ2n) is 4.25. The minimum Gasteiger partial charge on any atom is -0.478 e. The second-order valence-corrected chi connectivity index (χ2v) is 5.87. The van der Waals surface area contributed by atoms with Gasteiger partial charge in [-0.25, -0.2) is 13.2 Å². The average molecular weight is 295 g/mol. The summed E-state index contributed by atoms with van der Waals surface area (Å²) in [5.41, 5.74) is 1.19. The molecule has 0 radical (unpaired) electrons. The zero-order chi connectivity index (χ0) is 14.9. The van der Waals surface area contributed by atoms with E-state index in [1.165, 1.54) is 24.3 Å². The van der Waals surface area contributed by atoms with Crippen molar-refractivity contribution in [2.24, 2.45) is 0 Å². The molecule has 106 valence electrons. The molecular formula is C12H13N3O4S. The van der Waals surface area contributed by atoms with Crippen LogP contribution in [0.5, 0.6) is 0 Å².